The second kappa shape index (κ2) is 5.34. The second-order valence-electron chi connectivity index (χ2n) is 4.03. The van der Waals surface area contributed by atoms with Gasteiger partial charge in [0, 0.05) is 4.90 Å². The Balaban J connectivity index is 1.84. The van der Waals surface area contributed by atoms with Crippen molar-refractivity contribution in [1.82, 2.24) is 9.97 Å². The molecule has 3 nitrogen and oxygen atoms in total. The molecular formula is C13H9F2N3S2. The summed E-state index contributed by atoms with van der Waals surface area (Å²) in [7, 11) is 0. The molecule has 3 rings (SSSR count). The minimum absolute atomic E-state index is 0.235. The Morgan fingerprint density at radius 2 is 2.05 bits per heavy atom. The molecule has 102 valence electrons. The first-order chi connectivity index (χ1) is 9.63. The predicted octanol–water partition coefficient (Wildman–Crippen LogP) is 3.84. The number of fused-ring (bicyclic) bond motifs is 1. The number of nitrogens with two attached hydrogens (primary N) is 1. The molecule has 2 aromatic heterocycles. The van der Waals surface area contributed by atoms with Gasteiger partial charge in [-0.1, -0.05) is 0 Å². The zero-order valence-corrected chi connectivity index (χ0v) is 11.8. The van der Waals surface area contributed by atoms with Gasteiger partial charge >= 0.3 is 0 Å². The quantitative estimate of drug-likeness (QED) is 0.747. The van der Waals surface area contributed by atoms with Crippen LogP contribution in [0.5, 0.6) is 0 Å². The molecule has 2 N–H and O–H groups in total. The van der Waals surface area contributed by atoms with Gasteiger partial charge in [-0.15, -0.1) is 23.1 Å². The van der Waals surface area contributed by atoms with Gasteiger partial charge in [0.05, 0.1) is 11.1 Å². The Kier molecular flexibility index (Phi) is 3.54. The number of nitrogens with zero attached hydrogens (tertiary/aromatic N) is 2. The van der Waals surface area contributed by atoms with E-state index in [1.807, 2.05) is 11.4 Å². The molecule has 0 bridgehead atoms. The van der Waals surface area contributed by atoms with Crippen LogP contribution in [0.4, 0.5) is 14.6 Å². The van der Waals surface area contributed by atoms with E-state index in [2.05, 4.69) is 9.97 Å². The third kappa shape index (κ3) is 2.59. The molecule has 0 spiro atoms. The lowest BCUT2D eigenvalue weighted by Crippen LogP contribution is -1.98. The minimum atomic E-state index is -0.469. The van der Waals surface area contributed by atoms with E-state index in [0.29, 0.717) is 17.4 Å². The molecule has 3 aromatic rings. The van der Waals surface area contributed by atoms with Crippen LogP contribution in [0.1, 0.15) is 5.82 Å². The van der Waals surface area contributed by atoms with Crippen LogP contribution in [-0.4, -0.2) is 9.97 Å². The Morgan fingerprint density at radius 1 is 1.20 bits per heavy atom. The number of thiophene rings is 1. The summed E-state index contributed by atoms with van der Waals surface area (Å²) in [4.78, 5) is 9.56. The molecule has 0 atom stereocenters. The van der Waals surface area contributed by atoms with Crippen molar-refractivity contribution in [3.8, 4) is 0 Å². The lowest BCUT2D eigenvalue weighted by molar-refractivity contribution is 0.577. The van der Waals surface area contributed by atoms with Crippen molar-refractivity contribution in [2.24, 2.45) is 0 Å². The van der Waals surface area contributed by atoms with Crippen LogP contribution in [0.2, 0.25) is 0 Å². The van der Waals surface area contributed by atoms with E-state index in [1.165, 1.54) is 11.3 Å². The average Bonchev–Trinajstić information content (AvgIpc) is 2.89. The van der Waals surface area contributed by atoms with Crippen molar-refractivity contribution < 1.29 is 8.78 Å². The Labute approximate surface area is 121 Å². The smallest absolute Gasteiger partial charge is 0.142 e. The summed E-state index contributed by atoms with van der Waals surface area (Å²) in [5, 5.41) is 2.71. The number of nitrogen functional groups attached to an aromatic ring is 1. The summed E-state index contributed by atoms with van der Waals surface area (Å²) in [5.41, 5.74) is 5.84. The van der Waals surface area contributed by atoms with Crippen molar-refractivity contribution in [3.63, 3.8) is 0 Å². The van der Waals surface area contributed by atoms with Gasteiger partial charge in [0.2, 0.25) is 0 Å². The maximum Gasteiger partial charge on any atom is 0.142 e. The van der Waals surface area contributed by atoms with Crippen LogP contribution in [0.15, 0.2) is 34.5 Å². The van der Waals surface area contributed by atoms with Gasteiger partial charge < -0.3 is 5.73 Å². The van der Waals surface area contributed by atoms with Crippen LogP contribution in [-0.2, 0) is 5.75 Å². The highest BCUT2D eigenvalue weighted by atomic mass is 32.2. The fourth-order valence-corrected chi connectivity index (χ4v) is 3.33. The van der Waals surface area contributed by atoms with E-state index in [9.17, 15) is 8.78 Å². The lowest BCUT2D eigenvalue weighted by atomic mass is 10.3. The van der Waals surface area contributed by atoms with Crippen molar-refractivity contribution in [3.05, 3.63) is 47.1 Å². The highest BCUT2D eigenvalue weighted by Crippen LogP contribution is 2.28. The zero-order valence-electron chi connectivity index (χ0n) is 10.1. The monoisotopic (exact) mass is 309 g/mol. The highest BCUT2D eigenvalue weighted by molar-refractivity contribution is 7.98. The number of hydrogen-bond acceptors (Lipinski definition) is 5. The summed E-state index contributed by atoms with van der Waals surface area (Å²) in [6, 6.07) is 5.21. The third-order valence-corrected chi connectivity index (χ3v) is 4.48. The standard InChI is InChI=1S/C13H9F2N3S2/c14-7-1-2-9(15)10(5-7)20-6-11-17-12(16)8-3-4-19-13(8)18-11/h1-5H,6H2,(H2,16,17,18). The van der Waals surface area contributed by atoms with Crippen molar-refractivity contribution in [2.75, 3.05) is 5.73 Å². The molecule has 0 aliphatic heterocycles. The van der Waals surface area contributed by atoms with Crippen molar-refractivity contribution in [1.29, 1.82) is 0 Å². The predicted molar refractivity (Wildman–Crippen MR) is 77.7 cm³/mol. The van der Waals surface area contributed by atoms with Crippen LogP contribution in [0.3, 0.4) is 0 Å². The van der Waals surface area contributed by atoms with Gasteiger partial charge in [-0.25, -0.2) is 18.7 Å². The molecule has 0 saturated heterocycles. The van der Waals surface area contributed by atoms with Crippen molar-refractivity contribution >= 4 is 39.1 Å². The van der Waals surface area contributed by atoms with E-state index in [4.69, 9.17) is 5.73 Å². The molecule has 0 aliphatic carbocycles. The third-order valence-electron chi connectivity index (χ3n) is 2.65. The number of hydrogen-bond donors (Lipinski definition) is 1. The molecule has 1 aromatic carbocycles. The molecule has 0 radical (unpaired) electrons. The summed E-state index contributed by atoms with van der Waals surface area (Å²) >= 11 is 2.61. The van der Waals surface area contributed by atoms with Crippen LogP contribution in [0.25, 0.3) is 10.2 Å². The topological polar surface area (TPSA) is 51.8 Å². The number of halogens is 2. The molecule has 2 heterocycles. The fraction of sp³-hybridized carbons (Fsp3) is 0.0769. The molecule has 0 saturated carbocycles. The summed E-state index contributed by atoms with van der Waals surface area (Å²) in [5.74, 6) is 0.320. The van der Waals surface area contributed by atoms with E-state index >= 15 is 0 Å². The maximum absolute atomic E-state index is 13.5. The zero-order chi connectivity index (χ0) is 14.1. The lowest BCUT2D eigenvalue weighted by Gasteiger charge is -2.04. The number of benzene rings is 1. The Bertz CT molecular complexity index is 773. The molecule has 0 amide bonds. The van der Waals surface area contributed by atoms with Gasteiger partial charge in [0.1, 0.15) is 28.1 Å². The van der Waals surface area contributed by atoms with Gasteiger partial charge in [0.15, 0.2) is 0 Å². The molecule has 0 aliphatic rings. The fourth-order valence-electron chi connectivity index (χ4n) is 1.72. The first kappa shape index (κ1) is 13.3. The highest BCUT2D eigenvalue weighted by Gasteiger charge is 2.09. The number of rotatable bonds is 3. The van der Waals surface area contributed by atoms with E-state index in [1.54, 1.807) is 0 Å². The molecule has 7 heteroatoms. The molecule has 0 fully saturated rings. The van der Waals surface area contributed by atoms with Crippen LogP contribution >= 0.6 is 23.1 Å². The van der Waals surface area contributed by atoms with Gasteiger partial charge in [0.25, 0.3) is 0 Å². The second-order valence-corrected chi connectivity index (χ2v) is 5.94. The van der Waals surface area contributed by atoms with Gasteiger partial charge in [-0.2, -0.15) is 0 Å². The van der Waals surface area contributed by atoms with Crippen LogP contribution in [0, 0.1) is 11.6 Å². The summed E-state index contributed by atoms with van der Waals surface area (Å²) in [6.45, 7) is 0. The van der Waals surface area contributed by atoms with Gasteiger partial charge in [-0.05, 0) is 29.6 Å². The summed E-state index contributed by atoms with van der Waals surface area (Å²) in [6.07, 6.45) is 0. The van der Waals surface area contributed by atoms with E-state index < -0.39 is 11.6 Å². The number of anilines is 1. The maximum atomic E-state index is 13.5. The van der Waals surface area contributed by atoms with E-state index in [0.717, 1.165) is 40.2 Å². The normalized spacial score (nSPS) is 11.1. The number of aromatic nitrogens is 2. The average molecular weight is 309 g/mol. The van der Waals surface area contributed by atoms with Crippen molar-refractivity contribution in [2.45, 2.75) is 10.6 Å². The SMILES string of the molecule is Nc1nc(CSc2cc(F)ccc2F)nc2sccc12. The first-order valence-corrected chi connectivity index (χ1v) is 7.57. The number of thioether (sulfide) groups is 1. The van der Waals surface area contributed by atoms with Crippen LogP contribution < -0.4 is 5.73 Å². The minimum Gasteiger partial charge on any atom is -0.383 e. The summed E-state index contributed by atoms with van der Waals surface area (Å²) < 4.78 is 26.6. The Hall–Kier alpha value is -1.73. The molecule has 0 unspecified atom stereocenters. The molecule has 20 heavy (non-hydrogen) atoms. The molecular weight excluding hydrogens is 300 g/mol. The first-order valence-electron chi connectivity index (χ1n) is 5.71. The largest absolute Gasteiger partial charge is 0.383 e. The Morgan fingerprint density at radius 3 is 2.90 bits per heavy atom. The van der Waals surface area contributed by atoms with E-state index in [-0.39, 0.29) is 4.90 Å². The van der Waals surface area contributed by atoms with Gasteiger partial charge in [-0.3, -0.25) is 0 Å².